The summed E-state index contributed by atoms with van der Waals surface area (Å²) in [5.74, 6) is 0.325. The zero-order valence-corrected chi connectivity index (χ0v) is 14.9. The van der Waals surface area contributed by atoms with E-state index in [2.05, 4.69) is 53.4 Å². The van der Waals surface area contributed by atoms with Crippen molar-refractivity contribution in [3.8, 4) is 0 Å². The molecule has 3 nitrogen and oxygen atoms in total. The molecule has 2 aromatic rings. The van der Waals surface area contributed by atoms with Gasteiger partial charge in [-0.25, -0.2) is 0 Å². The Kier molecular flexibility index (Phi) is 6.24. The Labute approximate surface area is 150 Å². The van der Waals surface area contributed by atoms with Crippen LogP contribution in [-0.4, -0.2) is 30.6 Å². The third kappa shape index (κ3) is 4.93. The van der Waals surface area contributed by atoms with Gasteiger partial charge in [0.25, 0.3) is 0 Å². The lowest BCUT2D eigenvalue weighted by Gasteiger charge is -2.16. The average Bonchev–Trinajstić information content (AvgIpc) is 3.05. The van der Waals surface area contributed by atoms with Crippen LogP contribution in [-0.2, 0) is 22.5 Å². The standard InChI is InChI=1S/C22H27NO2/c1-2-25-22(24)21-17-23(15-19-11-7-4-8-12-19)16-20(21)14-13-18-9-5-3-6-10-18/h3-12,20-21H,2,13-17H2,1H3/t20-,21-/m0/s1. The third-order valence-corrected chi connectivity index (χ3v) is 5.00. The predicted molar refractivity (Wildman–Crippen MR) is 100 cm³/mol. The van der Waals surface area contributed by atoms with Crippen LogP contribution in [0.15, 0.2) is 60.7 Å². The first kappa shape index (κ1) is 17.7. The van der Waals surface area contributed by atoms with Gasteiger partial charge in [-0.15, -0.1) is 0 Å². The number of hydrogen-bond donors (Lipinski definition) is 0. The fourth-order valence-electron chi connectivity index (χ4n) is 3.74. The van der Waals surface area contributed by atoms with Crippen LogP contribution in [0.3, 0.4) is 0 Å². The van der Waals surface area contributed by atoms with Crippen molar-refractivity contribution in [1.29, 1.82) is 0 Å². The molecule has 1 saturated heterocycles. The minimum atomic E-state index is -0.0314. The van der Waals surface area contributed by atoms with Crippen LogP contribution >= 0.6 is 0 Å². The smallest absolute Gasteiger partial charge is 0.310 e. The number of ether oxygens (including phenoxy) is 1. The van der Waals surface area contributed by atoms with Crippen molar-refractivity contribution in [3.05, 3.63) is 71.8 Å². The van der Waals surface area contributed by atoms with Crippen molar-refractivity contribution < 1.29 is 9.53 Å². The maximum Gasteiger partial charge on any atom is 0.310 e. The maximum atomic E-state index is 12.4. The van der Waals surface area contributed by atoms with E-state index in [-0.39, 0.29) is 11.9 Å². The average molecular weight is 337 g/mol. The number of carbonyl (C=O) groups is 1. The molecule has 0 aromatic heterocycles. The summed E-state index contributed by atoms with van der Waals surface area (Å²) in [6.07, 6.45) is 2.04. The predicted octanol–water partition coefficient (Wildman–Crippen LogP) is 3.93. The molecule has 2 atom stereocenters. The van der Waals surface area contributed by atoms with Crippen molar-refractivity contribution in [2.24, 2.45) is 11.8 Å². The normalized spacial score (nSPS) is 20.5. The lowest BCUT2D eigenvalue weighted by Crippen LogP contribution is -2.26. The summed E-state index contributed by atoms with van der Waals surface area (Å²) in [4.78, 5) is 14.8. The number of hydrogen-bond acceptors (Lipinski definition) is 3. The molecule has 132 valence electrons. The first-order valence-corrected chi connectivity index (χ1v) is 9.23. The number of likely N-dealkylation sites (tertiary alicyclic amines) is 1. The lowest BCUT2D eigenvalue weighted by molar-refractivity contribution is -0.148. The van der Waals surface area contributed by atoms with Gasteiger partial charge >= 0.3 is 5.97 Å². The van der Waals surface area contributed by atoms with E-state index in [1.165, 1.54) is 11.1 Å². The van der Waals surface area contributed by atoms with Crippen LogP contribution in [0.25, 0.3) is 0 Å². The molecule has 0 spiro atoms. The Bertz CT molecular complexity index is 656. The number of benzene rings is 2. The Hall–Kier alpha value is -2.13. The highest BCUT2D eigenvalue weighted by atomic mass is 16.5. The zero-order valence-electron chi connectivity index (χ0n) is 14.9. The van der Waals surface area contributed by atoms with Crippen molar-refractivity contribution in [2.75, 3.05) is 19.7 Å². The van der Waals surface area contributed by atoms with E-state index in [4.69, 9.17) is 4.74 Å². The Morgan fingerprint density at radius 3 is 2.28 bits per heavy atom. The summed E-state index contributed by atoms with van der Waals surface area (Å²) >= 11 is 0. The number of rotatable bonds is 7. The minimum absolute atomic E-state index is 0.00706. The van der Waals surface area contributed by atoms with E-state index >= 15 is 0 Å². The van der Waals surface area contributed by atoms with Gasteiger partial charge in [0.2, 0.25) is 0 Å². The van der Waals surface area contributed by atoms with Crippen LogP contribution in [0.1, 0.15) is 24.5 Å². The Morgan fingerprint density at radius 1 is 1.00 bits per heavy atom. The maximum absolute atomic E-state index is 12.4. The molecule has 0 saturated carbocycles. The summed E-state index contributed by atoms with van der Waals surface area (Å²) in [6.45, 7) is 5.00. The van der Waals surface area contributed by atoms with E-state index in [9.17, 15) is 4.79 Å². The summed E-state index contributed by atoms with van der Waals surface area (Å²) in [6, 6.07) is 21.0. The number of esters is 1. The third-order valence-electron chi connectivity index (χ3n) is 5.00. The Balaban J connectivity index is 1.64. The second-order valence-electron chi connectivity index (χ2n) is 6.82. The quantitative estimate of drug-likeness (QED) is 0.717. The number of carbonyl (C=O) groups excluding carboxylic acids is 1. The van der Waals surface area contributed by atoms with Gasteiger partial charge in [0.15, 0.2) is 0 Å². The largest absolute Gasteiger partial charge is 0.466 e. The van der Waals surface area contributed by atoms with Gasteiger partial charge in [-0.2, -0.15) is 0 Å². The topological polar surface area (TPSA) is 29.5 Å². The highest BCUT2D eigenvalue weighted by Crippen LogP contribution is 2.30. The lowest BCUT2D eigenvalue weighted by atomic mass is 9.90. The van der Waals surface area contributed by atoms with Crippen LogP contribution in [0.4, 0.5) is 0 Å². The van der Waals surface area contributed by atoms with E-state index in [0.717, 1.165) is 32.5 Å². The van der Waals surface area contributed by atoms with Gasteiger partial charge in [-0.3, -0.25) is 9.69 Å². The molecular formula is C22H27NO2. The van der Waals surface area contributed by atoms with Crippen molar-refractivity contribution in [1.82, 2.24) is 4.90 Å². The SMILES string of the molecule is CCOC(=O)[C@H]1CN(Cc2ccccc2)C[C@@H]1CCc1ccccc1. The fraction of sp³-hybridized carbons (Fsp3) is 0.409. The zero-order chi connectivity index (χ0) is 17.5. The van der Waals surface area contributed by atoms with Gasteiger partial charge in [-0.1, -0.05) is 60.7 Å². The molecule has 0 radical (unpaired) electrons. The second kappa shape index (κ2) is 8.82. The molecule has 0 aliphatic carbocycles. The van der Waals surface area contributed by atoms with E-state index in [1.54, 1.807) is 0 Å². The monoisotopic (exact) mass is 337 g/mol. The molecule has 3 heteroatoms. The molecule has 2 aromatic carbocycles. The van der Waals surface area contributed by atoms with E-state index < -0.39 is 0 Å². The molecule has 0 N–H and O–H groups in total. The molecule has 0 bridgehead atoms. The van der Waals surface area contributed by atoms with Gasteiger partial charge in [0.1, 0.15) is 0 Å². The second-order valence-corrected chi connectivity index (χ2v) is 6.82. The van der Waals surface area contributed by atoms with Gasteiger partial charge < -0.3 is 4.74 Å². The van der Waals surface area contributed by atoms with Gasteiger partial charge in [0.05, 0.1) is 12.5 Å². The summed E-state index contributed by atoms with van der Waals surface area (Å²) < 4.78 is 5.34. The van der Waals surface area contributed by atoms with Crippen LogP contribution < -0.4 is 0 Å². The van der Waals surface area contributed by atoms with Crippen molar-refractivity contribution in [3.63, 3.8) is 0 Å². The first-order valence-electron chi connectivity index (χ1n) is 9.23. The number of aryl methyl sites for hydroxylation is 1. The van der Waals surface area contributed by atoms with E-state index in [0.29, 0.717) is 12.5 Å². The molecule has 1 fully saturated rings. The van der Waals surface area contributed by atoms with Gasteiger partial charge in [-0.05, 0) is 36.8 Å². The van der Waals surface area contributed by atoms with Crippen LogP contribution in [0.2, 0.25) is 0 Å². The van der Waals surface area contributed by atoms with Crippen molar-refractivity contribution in [2.45, 2.75) is 26.3 Å². The summed E-state index contributed by atoms with van der Waals surface area (Å²) in [5, 5.41) is 0. The molecule has 3 rings (SSSR count). The van der Waals surface area contributed by atoms with E-state index in [1.807, 2.05) is 19.1 Å². The molecule has 0 amide bonds. The highest BCUT2D eigenvalue weighted by molar-refractivity contribution is 5.73. The molecule has 1 aliphatic rings. The van der Waals surface area contributed by atoms with Crippen LogP contribution in [0, 0.1) is 11.8 Å². The van der Waals surface area contributed by atoms with Crippen LogP contribution in [0.5, 0.6) is 0 Å². The molecule has 25 heavy (non-hydrogen) atoms. The fourth-order valence-corrected chi connectivity index (χ4v) is 3.74. The summed E-state index contributed by atoms with van der Waals surface area (Å²) in [5.41, 5.74) is 2.64. The van der Waals surface area contributed by atoms with Gasteiger partial charge in [0, 0.05) is 19.6 Å². The molecular weight excluding hydrogens is 310 g/mol. The highest BCUT2D eigenvalue weighted by Gasteiger charge is 2.38. The first-order chi connectivity index (χ1) is 12.3. The molecule has 1 heterocycles. The summed E-state index contributed by atoms with van der Waals surface area (Å²) in [7, 11) is 0. The Morgan fingerprint density at radius 2 is 1.64 bits per heavy atom. The molecule has 1 aliphatic heterocycles. The number of nitrogens with zero attached hydrogens (tertiary/aromatic N) is 1. The molecule has 0 unspecified atom stereocenters. The minimum Gasteiger partial charge on any atom is -0.466 e. The van der Waals surface area contributed by atoms with Crippen molar-refractivity contribution >= 4 is 5.97 Å².